The van der Waals surface area contributed by atoms with Crippen LogP contribution in [-0.2, 0) is 5.41 Å². The molecule has 5 nitrogen and oxygen atoms in total. The Labute approximate surface area is 145 Å². The van der Waals surface area contributed by atoms with Crippen LogP contribution in [-0.4, -0.2) is 22.0 Å². The largest absolute Gasteiger partial charge is 0.477 e. The first-order valence-electron chi connectivity index (χ1n) is 7.72. The number of thiazole rings is 1. The lowest BCUT2D eigenvalue weighted by atomic mass is 9.83. The highest BCUT2D eigenvalue weighted by atomic mass is 32.1. The number of carbonyl (C=O) groups is 2. The molecule has 24 heavy (non-hydrogen) atoms. The van der Waals surface area contributed by atoms with Crippen LogP contribution < -0.4 is 5.32 Å². The molecule has 2 aromatic rings. The molecule has 0 bridgehead atoms. The topological polar surface area (TPSA) is 79.3 Å². The lowest BCUT2D eigenvalue weighted by molar-refractivity contribution is 0.0701. The summed E-state index contributed by atoms with van der Waals surface area (Å²) in [5.74, 6) is -1.18. The van der Waals surface area contributed by atoms with Crippen LogP contribution in [0.5, 0.6) is 0 Å². The average molecular weight is 346 g/mol. The number of benzene rings is 1. The molecule has 2 N–H and O–H groups in total. The number of nitrogens with one attached hydrogen (secondary N) is 1. The Balaban J connectivity index is 2.24. The van der Waals surface area contributed by atoms with E-state index in [0.29, 0.717) is 16.3 Å². The number of rotatable bonds is 4. The first kappa shape index (κ1) is 18.1. The minimum Gasteiger partial charge on any atom is -0.477 e. The van der Waals surface area contributed by atoms with Crippen molar-refractivity contribution in [2.45, 2.75) is 46.1 Å². The van der Waals surface area contributed by atoms with Crippen LogP contribution in [0.1, 0.15) is 70.0 Å². The van der Waals surface area contributed by atoms with E-state index in [1.807, 2.05) is 25.1 Å². The molecule has 1 atom stereocenters. The van der Waals surface area contributed by atoms with Gasteiger partial charge in [-0.1, -0.05) is 39.0 Å². The number of carboxylic acids is 1. The molecule has 0 aliphatic heterocycles. The van der Waals surface area contributed by atoms with Gasteiger partial charge in [-0.15, -0.1) is 11.3 Å². The SMILES string of the molecule is Cc1nc(C(C)NC(=O)c2ccccc2C(C)(C)C)sc1C(=O)O. The molecule has 1 amide bonds. The van der Waals surface area contributed by atoms with Crippen molar-refractivity contribution in [3.8, 4) is 0 Å². The van der Waals surface area contributed by atoms with Crippen LogP contribution in [0.3, 0.4) is 0 Å². The van der Waals surface area contributed by atoms with Crippen molar-refractivity contribution < 1.29 is 14.7 Å². The Morgan fingerprint density at radius 1 is 1.25 bits per heavy atom. The third-order valence-electron chi connectivity index (χ3n) is 3.71. The fourth-order valence-electron chi connectivity index (χ4n) is 2.47. The maximum Gasteiger partial charge on any atom is 0.347 e. The Kier molecular flexibility index (Phi) is 5.08. The van der Waals surface area contributed by atoms with Gasteiger partial charge in [0.05, 0.1) is 11.7 Å². The third kappa shape index (κ3) is 3.82. The van der Waals surface area contributed by atoms with Gasteiger partial charge in [0.25, 0.3) is 5.91 Å². The van der Waals surface area contributed by atoms with Crippen molar-refractivity contribution in [2.75, 3.05) is 0 Å². The molecule has 1 aromatic carbocycles. The minimum absolute atomic E-state index is 0.147. The average Bonchev–Trinajstić information content (AvgIpc) is 2.88. The van der Waals surface area contributed by atoms with Crippen LogP contribution >= 0.6 is 11.3 Å². The molecule has 0 radical (unpaired) electrons. The second-order valence-electron chi connectivity index (χ2n) is 6.76. The highest BCUT2D eigenvalue weighted by molar-refractivity contribution is 7.13. The Bertz CT molecular complexity index is 775. The summed E-state index contributed by atoms with van der Waals surface area (Å²) in [6, 6.07) is 7.16. The fraction of sp³-hybridized carbons (Fsp3) is 0.389. The maximum absolute atomic E-state index is 12.7. The Morgan fingerprint density at radius 2 is 1.88 bits per heavy atom. The van der Waals surface area contributed by atoms with Crippen LogP contribution in [0.2, 0.25) is 0 Å². The van der Waals surface area contributed by atoms with E-state index >= 15 is 0 Å². The second-order valence-corrected chi connectivity index (χ2v) is 7.79. The second kappa shape index (κ2) is 6.73. The van der Waals surface area contributed by atoms with Crippen molar-refractivity contribution in [1.82, 2.24) is 10.3 Å². The van der Waals surface area contributed by atoms with Crippen molar-refractivity contribution >= 4 is 23.2 Å². The van der Waals surface area contributed by atoms with Gasteiger partial charge in [0.2, 0.25) is 0 Å². The predicted molar refractivity (Wildman–Crippen MR) is 94.8 cm³/mol. The van der Waals surface area contributed by atoms with Gasteiger partial charge in [-0.25, -0.2) is 9.78 Å². The van der Waals surface area contributed by atoms with Gasteiger partial charge < -0.3 is 10.4 Å². The summed E-state index contributed by atoms with van der Waals surface area (Å²) in [6.45, 7) is 9.65. The normalized spacial score (nSPS) is 12.7. The molecule has 0 aliphatic carbocycles. The molecular weight excluding hydrogens is 324 g/mol. The Hall–Kier alpha value is -2.21. The Morgan fingerprint density at radius 3 is 2.42 bits per heavy atom. The number of carbonyl (C=O) groups excluding carboxylic acids is 1. The van der Waals surface area contributed by atoms with E-state index in [-0.39, 0.29) is 22.2 Å². The number of hydrogen-bond acceptors (Lipinski definition) is 4. The molecule has 0 aliphatic rings. The summed E-state index contributed by atoms with van der Waals surface area (Å²) in [5.41, 5.74) is 1.92. The lowest BCUT2D eigenvalue weighted by Gasteiger charge is -2.23. The quantitative estimate of drug-likeness (QED) is 0.879. The maximum atomic E-state index is 12.7. The summed E-state index contributed by atoms with van der Waals surface area (Å²) in [5, 5.41) is 12.6. The summed E-state index contributed by atoms with van der Waals surface area (Å²) in [7, 11) is 0. The summed E-state index contributed by atoms with van der Waals surface area (Å²) in [6.07, 6.45) is 0. The van der Waals surface area contributed by atoms with Crippen LogP contribution in [0, 0.1) is 6.92 Å². The summed E-state index contributed by atoms with van der Waals surface area (Å²) >= 11 is 1.10. The number of amides is 1. The smallest absolute Gasteiger partial charge is 0.347 e. The van der Waals surface area contributed by atoms with E-state index in [1.54, 1.807) is 13.0 Å². The standard InChI is InChI=1S/C18H22N2O3S/c1-10-14(17(22)23)24-16(20-10)11(2)19-15(21)12-8-6-7-9-13(12)18(3,4)5/h6-9,11H,1-5H3,(H,19,21)(H,22,23). The minimum atomic E-state index is -0.993. The molecule has 0 saturated carbocycles. The van der Waals surface area contributed by atoms with Gasteiger partial charge in [-0.2, -0.15) is 0 Å². The van der Waals surface area contributed by atoms with Gasteiger partial charge in [0, 0.05) is 5.56 Å². The highest BCUT2D eigenvalue weighted by Gasteiger charge is 2.24. The van der Waals surface area contributed by atoms with Gasteiger partial charge in [-0.05, 0) is 30.9 Å². The van der Waals surface area contributed by atoms with E-state index in [9.17, 15) is 9.59 Å². The van der Waals surface area contributed by atoms with E-state index in [1.165, 1.54) is 0 Å². The van der Waals surface area contributed by atoms with Crippen molar-refractivity contribution in [1.29, 1.82) is 0 Å². The number of carboxylic acid groups (broad SMARTS) is 1. The number of hydrogen-bond donors (Lipinski definition) is 2. The van der Waals surface area contributed by atoms with Crippen molar-refractivity contribution in [3.63, 3.8) is 0 Å². The van der Waals surface area contributed by atoms with Crippen molar-refractivity contribution in [3.05, 3.63) is 51.0 Å². The first-order valence-corrected chi connectivity index (χ1v) is 8.54. The van der Waals surface area contributed by atoms with E-state index in [0.717, 1.165) is 16.9 Å². The molecule has 2 rings (SSSR count). The molecule has 1 unspecified atom stereocenters. The predicted octanol–water partition coefficient (Wildman–Crippen LogP) is 3.94. The number of nitrogens with zero attached hydrogens (tertiary/aromatic N) is 1. The monoisotopic (exact) mass is 346 g/mol. The first-order chi connectivity index (χ1) is 11.1. The molecule has 1 heterocycles. The third-order valence-corrected chi connectivity index (χ3v) is 5.03. The molecule has 128 valence electrons. The number of aromatic carboxylic acids is 1. The van der Waals surface area contributed by atoms with Gasteiger partial charge >= 0.3 is 5.97 Å². The molecule has 0 saturated heterocycles. The number of aryl methyl sites for hydroxylation is 1. The van der Waals surface area contributed by atoms with Gasteiger partial charge in [-0.3, -0.25) is 4.79 Å². The molecule has 0 fully saturated rings. The highest BCUT2D eigenvalue weighted by Crippen LogP contribution is 2.27. The van der Waals surface area contributed by atoms with Gasteiger partial charge in [0.1, 0.15) is 9.88 Å². The number of aromatic nitrogens is 1. The van der Waals surface area contributed by atoms with Crippen molar-refractivity contribution in [2.24, 2.45) is 0 Å². The summed E-state index contributed by atoms with van der Waals surface area (Å²) in [4.78, 5) is 28.3. The molecule has 1 aromatic heterocycles. The van der Waals surface area contributed by atoms with Gasteiger partial charge in [0.15, 0.2) is 0 Å². The summed E-state index contributed by atoms with van der Waals surface area (Å²) < 4.78 is 0. The fourth-order valence-corrected chi connectivity index (χ4v) is 3.38. The van der Waals surface area contributed by atoms with Crippen LogP contribution in [0.25, 0.3) is 0 Å². The zero-order chi connectivity index (χ0) is 18.1. The van der Waals surface area contributed by atoms with E-state index < -0.39 is 5.97 Å². The lowest BCUT2D eigenvalue weighted by Crippen LogP contribution is -2.29. The van der Waals surface area contributed by atoms with E-state index in [2.05, 4.69) is 31.1 Å². The molecular formula is C18H22N2O3S. The van der Waals surface area contributed by atoms with E-state index in [4.69, 9.17) is 5.11 Å². The van der Waals surface area contributed by atoms with Crippen LogP contribution in [0.4, 0.5) is 0 Å². The molecule has 0 spiro atoms. The zero-order valence-electron chi connectivity index (χ0n) is 14.5. The van der Waals surface area contributed by atoms with Crippen LogP contribution in [0.15, 0.2) is 24.3 Å². The zero-order valence-corrected chi connectivity index (χ0v) is 15.3. The molecule has 6 heteroatoms.